The van der Waals surface area contributed by atoms with Gasteiger partial charge in [-0.15, -0.1) is 0 Å². The molecule has 0 aromatic heterocycles. The molecular formula is C24H28N4O3S2. The fourth-order valence-corrected chi connectivity index (χ4v) is 8.36. The SMILES string of the molecule is Cc1ccc(N2CCN(C(=O)c3ccc(NC4=N[C@@H]5CS(=O)(=O)C[C@H]5S4)cc3)C[C@H]2C)cc1. The zero-order chi connectivity index (χ0) is 23.2. The van der Waals surface area contributed by atoms with Gasteiger partial charge in [0, 0.05) is 47.9 Å². The molecule has 3 atom stereocenters. The molecule has 2 saturated heterocycles. The van der Waals surface area contributed by atoms with Crippen LogP contribution in [0.4, 0.5) is 11.4 Å². The van der Waals surface area contributed by atoms with Gasteiger partial charge in [-0.2, -0.15) is 0 Å². The third-order valence-corrected chi connectivity index (χ3v) is 9.62. The Balaban J connectivity index is 1.19. The lowest BCUT2D eigenvalue weighted by Crippen LogP contribution is -2.53. The largest absolute Gasteiger partial charge is 0.365 e. The summed E-state index contributed by atoms with van der Waals surface area (Å²) < 4.78 is 23.4. The average molecular weight is 485 g/mol. The van der Waals surface area contributed by atoms with Crippen molar-refractivity contribution in [1.29, 1.82) is 0 Å². The molecule has 0 bridgehead atoms. The first-order chi connectivity index (χ1) is 15.8. The molecule has 5 rings (SSSR count). The number of anilines is 2. The van der Waals surface area contributed by atoms with Crippen molar-refractivity contribution in [2.24, 2.45) is 4.99 Å². The second kappa shape index (κ2) is 8.68. The molecule has 0 radical (unpaired) electrons. The minimum absolute atomic E-state index is 0.0129. The molecule has 9 heteroatoms. The summed E-state index contributed by atoms with van der Waals surface area (Å²) in [5.41, 5.74) is 3.95. The van der Waals surface area contributed by atoms with Crippen LogP contribution >= 0.6 is 11.8 Å². The van der Waals surface area contributed by atoms with Gasteiger partial charge in [0.2, 0.25) is 0 Å². The lowest BCUT2D eigenvalue weighted by molar-refractivity contribution is 0.0726. The predicted molar refractivity (Wildman–Crippen MR) is 135 cm³/mol. The predicted octanol–water partition coefficient (Wildman–Crippen LogP) is 3.03. The smallest absolute Gasteiger partial charge is 0.253 e. The molecule has 2 aromatic rings. The summed E-state index contributed by atoms with van der Waals surface area (Å²) in [6.07, 6.45) is 0. The molecule has 0 unspecified atom stereocenters. The zero-order valence-corrected chi connectivity index (χ0v) is 20.4. The molecule has 3 heterocycles. The number of nitrogens with one attached hydrogen (secondary N) is 1. The molecule has 2 aromatic carbocycles. The van der Waals surface area contributed by atoms with E-state index in [1.165, 1.54) is 23.0 Å². The number of amides is 1. The van der Waals surface area contributed by atoms with Gasteiger partial charge in [0.1, 0.15) is 0 Å². The highest BCUT2D eigenvalue weighted by atomic mass is 32.2. The van der Waals surface area contributed by atoms with E-state index in [1.54, 1.807) is 0 Å². The summed E-state index contributed by atoms with van der Waals surface area (Å²) in [6, 6.07) is 16.1. The van der Waals surface area contributed by atoms with Crippen LogP contribution < -0.4 is 10.2 Å². The minimum atomic E-state index is -2.95. The van der Waals surface area contributed by atoms with Crippen molar-refractivity contribution >= 4 is 44.0 Å². The number of hydrogen-bond donors (Lipinski definition) is 1. The normalized spacial score (nSPS) is 26.1. The molecule has 7 nitrogen and oxygen atoms in total. The van der Waals surface area contributed by atoms with Gasteiger partial charge in [0.25, 0.3) is 5.91 Å². The number of sulfone groups is 1. The molecule has 2 fully saturated rings. The molecule has 1 N–H and O–H groups in total. The van der Waals surface area contributed by atoms with Crippen LogP contribution in [0.15, 0.2) is 53.5 Å². The van der Waals surface area contributed by atoms with E-state index >= 15 is 0 Å². The maximum Gasteiger partial charge on any atom is 0.253 e. The van der Waals surface area contributed by atoms with Crippen molar-refractivity contribution in [2.45, 2.75) is 31.2 Å². The third-order valence-electron chi connectivity index (χ3n) is 6.48. The number of aryl methyl sites for hydroxylation is 1. The zero-order valence-electron chi connectivity index (χ0n) is 18.8. The Hall–Kier alpha value is -2.52. The summed E-state index contributed by atoms with van der Waals surface area (Å²) in [5.74, 6) is 0.378. The highest BCUT2D eigenvalue weighted by Gasteiger charge is 2.42. The van der Waals surface area contributed by atoms with Crippen LogP contribution in [0.2, 0.25) is 0 Å². The fourth-order valence-electron chi connectivity index (χ4n) is 4.68. The van der Waals surface area contributed by atoms with Crippen LogP contribution in [0.5, 0.6) is 0 Å². The number of rotatable bonds is 3. The molecule has 1 amide bonds. The summed E-state index contributed by atoms with van der Waals surface area (Å²) in [4.78, 5) is 21.9. The molecule has 3 aliphatic rings. The molecule has 33 heavy (non-hydrogen) atoms. The van der Waals surface area contributed by atoms with Gasteiger partial charge in [-0.25, -0.2) is 8.42 Å². The number of amidine groups is 1. The first-order valence-electron chi connectivity index (χ1n) is 11.2. The van der Waals surface area contributed by atoms with E-state index < -0.39 is 9.84 Å². The van der Waals surface area contributed by atoms with E-state index in [1.807, 2.05) is 29.2 Å². The third kappa shape index (κ3) is 4.75. The fraction of sp³-hybridized carbons (Fsp3) is 0.417. The molecule has 0 spiro atoms. The summed E-state index contributed by atoms with van der Waals surface area (Å²) >= 11 is 1.49. The second-order valence-corrected chi connectivity index (χ2v) is 12.4. The summed E-state index contributed by atoms with van der Waals surface area (Å²) in [7, 11) is -2.95. The van der Waals surface area contributed by atoms with E-state index in [0.29, 0.717) is 18.7 Å². The number of fused-ring (bicyclic) bond motifs is 1. The van der Waals surface area contributed by atoms with Gasteiger partial charge in [-0.1, -0.05) is 29.5 Å². The summed E-state index contributed by atoms with van der Waals surface area (Å²) in [6.45, 7) is 6.43. The van der Waals surface area contributed by atoms with Gasteiger partial charge in [-0.05, 0) is 50.2 Å². The Bertz CT molecular complexity index is 1180. The molecule has 0 saturated carbocycles. The number of piperazine rings is 1. The summed E-state index contributed by atoms with van der Waals surface area (Å²) in [5, 5.41) is 4.03. The van der Waals surface area contributed by atoms with Crippen molar-refractivity contribution in [1.82, 2.24) is 4.90 Å². The highest BCUT2D eigenvalue weighted by Crippen LogP contribution is 2.34. The van der Waals surface area contributed by atoms with Crippen LogP contribution in [-0.2, 0) is 9.84 Å². The Morgan fingerprint density at radius 1 is 1.06 bits per heavy atom. The van der Waals surface area contributed by atoms with E-state index in [2.05, 4.69) is 53.3 Å². The van der Waals surface area contributed by atoms with Crippen LogP contribution in [0.25, 0.3) is 0 Å². The van der Waals surface area contributed by atoms with Gasteiger partial charge in [-0.3, -0.25) is 9.79 Å². The van der Waals surface area contributed by atoms with E-state index in [9.17, 15) is 13.2 Å². The lowest BCUT2D eigenvalue weighted by Gasteiger charge is -2.41. The molecule has 174 valence electrons. The molecular weight excluding hydrogens is 456 g/mol. The van der Waals surface area contributed by atoms with Crippen molar-refractivity contribution in [3.8, 4) is 0 Å². The number of carbonyl (C=O) groups excluding carboxylic acids is 1. The number of thioether (sulfide) groups is 1. The Labute approximate surface area is 199 Å². The Morgan fingerprint density at radius 2 is 1.79 bits per heavy atom. The van der Waals surface area contributed by atoms with E-state index in [0.717, 1.165) is 17.4 Å². The van der Waals surface area contributed by atoms with Crippen molar-refractivity contribution in [2.75, 3.05) is 41.4 Å². The van der Waals surface area contributed by atoms with E-state index in [4.69, 9.17) is 0 Å². The molecule has 3 aliphatic heterocycles. The van der Waals surface area contributed by atoms with Gasteiger partial charge < -0.3 is 15.1 Å². The maximum absolute atomic E-state index is 13.1. The Morgan fingerprint density at radius 3 is 2.45 bits per heavy atom. The average Bonchev–Trinajstić information content (AvgIpc) is 3.27. The molecule has 0 aliphatic carbocycles. The van der Waals surface area contributed by atoms with Crippen LogP contribution in [0.1, 0.15) is 22.8 Å². The quantitative estimate of drug-likeness (QED) is 0.721. The Kier molecular flexibility index (Phi) is 5.86. The van der Waals surface area contributed by atoms with Crippen molar-refractivity contribution in [3.63, 3.8) is 0 Å². The van der Waals surface area contributed by atoms with Gasteiger partial charge in [0.15, 0.2) is 15.0 Å². The van der Waals surface area contributed by atoms with Crippen molar-refractivity contribution < 1.29 is 13.2 Å². The first kappa shape index (κ1) is 22.3. The number of hydrogen-bond acceptors (Lipinski definition) is 7. The minimum Gasteiger partial charge on any atom is -0.365 e. The number of nitrogens with zero attached hydrogens (tertiary/aromatic N) is 3. The number of aliphatic imine (C=N–C) groups is 1. The lowest BCUT2D eigenvalue weighted by atomic mass is 10.1. The second-order valence-electron chi connectivity index (χ2n) is 9.07. The van der Waals surface area contributed by atoms with Gasteiger partial charge >= 0.3 is 0 Å². The van der Waals surface area contributed by atoms with Crippen LogP contribution in [0.3, 0.4) is 0 Å². The first-order valence-corrected chi connectivity index (χ1v) is 13.9. The maximum atomic E-state index is 13.1. The van der Waals surface area contributed by atoms with Crippen molar-refractivity contribution in [3.05, 3.63) is 59.7 Å². The van der Waals surface area contributed by atoms with Crippen LogP contribution in [-0.4, -0.2) is 72.9 Å². The van der Waals surface area contributed by atoms with Crippen LogP contribution in [0, 0.1) is 6.92 Å². The van der Waals surface area contributed by atoms with Gasteiger partial charge in [0.05, 0.1) is 17.5 Å². The number of benzene rings is 2. The van der Waals surface area contributed by atoms with E-state index in [-0.39, 0.29) is 34.7 Å². The monoisotopic (exact) mass is 484 g/mol. The topological polar surface area (TPSA) is 82.1 Å². The highest BCUT2D eigenvalue weighted by molar-refractivity contribution is 8.15. The standard InChI is InChI=1S/C24H28N4O3S2/c1-16-3-9-20(10-4-16)28-12-11-27(13-17(28)2)23(29)18-5-7-19(8-6-18)25-24-26-21-14-33(30,31)15-22(21)32-24/h3-10,17,21-22H,11-15H2,1-2H3,(H,25,26)/t17-,21-,22-/m1/s1. The number of carbonyl (C=O) groups is 1.